The van der Waals surface area contributed by atoms with Crippen LogP contribution < -0.4 is 14.8 Å². The summed E-state index contributed by atoms with van der Waals surface area (Å²) in [5.41, 5.74) is 3.84. The molecule has 1 aromatic rings. The first-order valence-corrected chi connectivity index (χ1v) is 8.89. The van der Waals surface area contributed by atoms with Crippen LogP contribution in [0.5, 0.6) is 11.5 Å². The van der Waals surface area contributed by atoms with Crippen molar-refractivity contribution in [1.29, 1.82) is 0 Å². The third-order valence-electron chi connectivity index (χ3n) is 5.13. The summed E-state index contributed by atoms with van der Waals surface area (Å²) >= 11 is 0. The molecule has 1 aromatic carbocycles. The van der Waals surface area contributed by atoms with E-state index in [0.717, 1.165) is 30.5 Å². The predicted molar refractivity (Wildman–Crippen MR) is 101 cm³/mol. The van der Waals surface area contributed by atoms with Crippen LogP contribution in [0.25, 0.3) is 0 Å². The van der Waals surface area contributed by atoms with Crippen molar-refractivity contribution in [3.8, 4) is 11.5 Å². The van der Waals surface area contributed by atoms with E-state index in [0.29, 0.717) is 22.8 Å². The lowest BCUT2D eigenvalue weighted by Gasteiger charge is -2.28. The molecule has 1 atom stereocenters. The van der Waals surface area contributed by atoms with E-state index in [1.165, 1.54) is 12.7 Å². The first kappa shape index (κ1) is 17.3. The summed E-state index contributed by atoms with van der Waals surface area (Å²) in [4.78, 5) is 29.0. The number of hydrogen-bond donors (Lipinski definition) is 1. The summed E-state index contributed by atoms with van der Waals surface area (Å²) in [7, 11) is 3.06. The molecule has 0 saturated heterocycles. The van der Waals surface area contributed by atoms with Gasteiger partial charge in [-0.15, -0.1) is 0 Å². The van der Waals surface area contributed by atoms with Gasteiger partial charge in [-0.05, 0) is 55.2 Å². The van der Waals surface area contributed by atoms with Crippen LogP contribution >= 0.6 is 0 Å². The van der Waals surface area contributed by atoms with Crippen molar-refractivity contribution in [1.82, 2.24) is 5.32 Å². The van der Waals surface area contributed by atoms with Gasteiger partial charge in [-0.3, -0.25) is 9.59 Å². The van der Waals surface area contributed by atoms with Gasteiger partial charge in [0.05, 0.1) is 19.9 Å². The highest BCUT2D eigenvalue weighted by Crippen LogP contribution is 2.39. The average molecular weight is 364 g/mol. The fourth-order valence-electron chi connectivity index (χ4n) is 3.81. The molecule has 0 spiro atoms. The Morgan fingerprint density at radius 3 is 2.78 bits per heavy atom. The smallest absolute Gasteiger partial charge is 0.277 e. The highest BCUT2D eigenvalue weighted by Gasteiger charge is 2.34. The number of ether oxygens (including phenoxy) is 2. The standard InChI is InChI=1S/C21H20N2O4/c1-26-18-9-6-12(10-19(18)27-2)20(24)22-13-7-8-15-14-4-3-5-16(14)21(25)23-17(15)11-13/h6-11,15H,3-5H2,1-2H3,(H,23,25). The number of amides is 2. The molecule has 138 valence electrons. The van der Waals surface area contributed by atoms with E-state index in [-0.39, 0.29) is 17.7 Å². The maximum atomic E-state index is 12.5. The third-order valence-corrected chi connectivity index (χ3v) is 5.13. The lowest BCUT2D eigenvalue weighted by molar-refractivity contribution is -0.117. The summed E-state index contributed by atoms with van der Waals surface area (Å²) in [5, 5.41) is 2.95. The number of methoxy groups -OCH3 is 2. The van der Waals surface area contributed by atoms with Crippen molar-refractivity contribution in [2.45, 2.75) is 19.3 Å². The number of hydrogen-bond acceptors (Lipinski definition) is 4. The fourth-order valence-corrected chi connectivity index (χ4v) is 3.81. The van der Waals surface area contributed by atoms with Crippen molar-refractivity contribution in [3.63, 3.8) is 0 Å². The van der Waals surface area contributed by atoms with Crippen LogP contribution in [0.3, 0.4) is 0 Å². The van der Waals surface area contributed by atoms with Crippen LogP contribution in [0.15, 0.2) is 58.3 Å². The molecule has 1 unspecified atom stereocenters. The number of fused-ring (bicyclic) bond motifs is 2. The molecule has 27 heavy (non-hydrogen) atoms. The minimum atomic E-state index is -0.381. The Labute approximate surface area is 157 Å². The number of aliphatic imine (C=N–C) groups is 1. The Morgan fingerprint density at radius 2 is 2.00 bits per heavy atom. The number of rotatable bonds is 3. The molecule has 0 aromatic heterocycles. The molecular weight excluding hydrogens is 344 g/mol. The molecule has 0 bridgehead atoms. The molecule has 1 aliphatic heterocycles. The van der Waals surface area contributed by atoms with E-state index in [4.69, 9.17) is 9.47 Å². The van der Waals surface area contributed by atoms with Gasteiger partial charge >= 0.3 is 0 Å². The van der Waals surface area contributed by atoms with E-state index in [9.17, 15) is 9.59 Å². The highest BCUT2D eigenvalue weighted by molar-refractivity contribution is 6.14. The maximum absolute atomic E-state index is 12.5. The highest BCUT2D eigenvalue weighted by atomic mass is 16.5. The van der Waals surface area contributed by atoms with E-state index >= 15 is 0 Å². The topological polar surface area (TPSA) is 77.0 Å². The van der Waals surface area contributed by atoms with Crippen LogP contribution in [0.2, 0.25) is 0 Å². The lowest BCUT2D eigenvalue weighted by atomic mass is 9.85. The quantitative estimate of drug-likeness (QED) is 0.895. The first-order valence-electron chi connectivity index (χ1n) is 8.89. The van der Waals surface area contributed by atoms with Crippen LogP contribution in [0.4, 0.5) is 0 Å². The Hall–Kier alpha value is -3.15. The van der Waals surface area contributed by atoms with E-state index in [2.05, 4.69) is 10.3 Å². The van der Waals surface area contributed by atoms with E-state index < -0.39 is 0 Å². The summed E-state index contributed by atoms with van der Waals surface area (Å²) in [6.07, 6.45) is 8.45. The Morgan fingerprint density at radius 1 is 1.19 bits per heavy atom. The minimum Gasteiger partial charge on any atom is -0.493 e. The third kappa shape index (κ3) is 3.07. The second kappa shape index (κ2) is 6.87. The molecule has 0 fully saturated rings. The lowest BCUT2D eigenvalue weighted by Crippen LogP contribution is -2.35. The second-order valence-electron chi connectivity index (χ2n) is 6.66. The second-order valence-corrected chi connectivity index (χ2v) is 6.66. The van der Waals surface area contributed by atoms with E-state index in [1.54, 1.807) is 31.4 Å². The van der Waals surface area contributed by atoms with Gasteiger partial charge in [0.2, 0.25) is 0 Å². The molecule has 0 radical (unpaired) electrons. The Kier molecular flexibility index (Phi) is 4.39. The van der Waals surface area contributed by atoms with Gasteiger partial charge in [-0.1, -0.05) is 6.08 Å². The van der Waals surface area contributed by atoms with Crippen molar-refractivity contribution in [3.05, 3.63) is 58.8 Å². The van der Waals surface area contributed by atoms with Crippen molar-refractivity contribution in [2.24, 2.45) is 10.9 Å². The van der Waals surface area contributed by atoms with Gasteiger partial charge in [0, 0.05) is 22.8 Å². The zero-order valence-electron chi connectivity index (χ0n) is 15.2. The predicted octanol–water partition coefficient (Wildman–Crippen LogP) is 2.97. The molecule has 4 rings (SSSR count). The molecule has 2 amide bonds. The Balaban J connectivity index is 1.60. The zero-order chi connectivity index (χ0) is 19.0. The number of benzene rings is 1. The number of nitrogens with zero attached hydrogens (tertiary/aromatic N) is 1. The Bertz CT molecular complexity index is 953. The molecule has 1 heterocycles. The molecule has 2 aliphatic carbocycles. The molecule has 0 saturated carbocycles. The molecular formula is C21H20N2O4. The SMILES string of the molecule is COc1ccc(C(=O)N=C2C=CC3C(=C2)NC(=O)C2=C3CCC2)cc1OC. The largest absolute Gasteiger partial charge is 0.493 e. The molecule has 3 aliphatic rings. The van der Waals surface area contributed by atoms with Gasteiger partial charge in [-0.2, -0.15) is 0 Å². The van der Waals surface area contributed by atoms with Gasteiger partial charge in [0.25, 0.3) is 11.8 Å². The van der Waals surface area contributed by atoms with E-state index in [1.807, 2.05) is 12.2 Å². The van der Waals surface area contributed by atoms with Gasteiger partial charge in [0.15, 0.2) is 11.5 Å². The normalized spacial score (nSPS) is 22.1. The molecule has 1 N–H and O–H groups in total. The number of allylic oxidation sites excluding steroid dienone is 3. The minimum absolute atomic E-state index is 0.0223. The van der Waals surface area contributed by atoms with Crippen LogP contribution in [-0.2, 0) is 4.79 Å². The molecule has 6 heteroatoms. The summed E-state index contributed by atoms with van der Waals surface area (Å²) in [6, 6.07) is 4.92. The van der Waals surface area contributed by atoms with Gasteiger partial charge in [0.1, 0.15) is 0 Å². The van der Waals surface area contributed by atoms with Crippen LogP contribution in [0.1, 0.15) is 29.6 Å². The number of nitrogens with one attached hydrogen (secondary N) is 1. The monoisotopic (exact) mass is 364 g/mol. The first-order chi connectivity index (χ1) is 13.1. The average Bonchev–Trinajstić information content (AvgIpc) is 3.18. The van der Waals surface area contributed by atoms with Gasteiger partial charge in [-0.25, -0.2) is 4.99 Å². The van der Waals surface area contributed by atoms with Crippen LogP contribution in [0, 0.1) is 5.92 Å². The fraction of sp³-hybridized carbons (Fsp3) is 0.286. The summed E-state index contributed by atoms with van der Waals surface area (Å²) < 4.78 is 10.4. The van der Waals surface area contributed by atoms with Crippen molar-refractivity contribution >= 4 is 17.5 Å². The van der Waals surface area contributed by atoms with Crippen molar-refractivity contribution < 1.29 is 19.1 Å². The molecule has 6 nitrogen and oxygen atoms in total. The van der Waals surface area contributed by atoms with Crippen molar-refractivity contribution in [2.75, 3.05) is 14.2 Å². The number of carbonyl (C=O) groups is 2. The zero-order valence-corrected chi connectivity index (χ0v) is 15.2. The van der Waals surface area contributed by atoms with Gasteiger partial charge < -0.3 is 14.8 Å². The maximum Gasteiger partial charge on any atom is 0.277 e. The summed E-state index contributed by atoms with van der Waals surface area (Å²) in [6.45, 7) is 0. The number of carbonyl (C=O) groups excluding carboxylic acids is 2. The summed E-state index contributed by atoms with van der Waals surface area (Å²) in [5.74, 6) is 0.714. The van der Waals surface area contributed by atoms with Crippen LogP contribution in [-0.4, -0.2) is 31.7 Å².